The number of hydrogen-bond acceptors (Lipinski definition) is 10. The first-order valence-electron chi connectivity index (χ1n) is 20.0. The maximum atomic E-state index is 12.7. The number of carbonyl (C=O) groups is 6. The molecule has 0 aromatic rings. The van der Waals surface area contributed by atoms with E-state index in [0.717, 1.165) is 38.5 Å². The van der Waals surface area contributed by atoms with Crippen LogP contribution in [0.1, 0.15) is 141 Å². The van der Waals surface area contributed by atoms with Crippen LogP contribution < -0.4 is 31.9 Å². The van der Waals surface area contributed by atoms with Gasteiger partial charge in [0.1, 0.15) is 22.4 Å². The van der Waals surface area contributed by atoms with Crippen molar-refractivity contribution in [2.75, 3.05) is 45.8 Å². The van der Waals surface area contributed by atoms with Crippen molar-refractivity contribution in [3.8, 4) is 0 Å². The molecule has 0 rings (SSSR count). The minimum Gasteiger partial charge on any atom is -0.444 e. The lowest BCUT2D eigenvalue weighted by Gasteiger charge is -2.27. The van der Waals surface area contributed by atoms with Crippen LogP contribution in [0, 0.1) is 0 Å². The van der Waals surface area contributed by atoms with Gasteiger partial charge in [-0.2, -0.15) is 0 Å². The van der Waals surface area contributed by atoms with Gasteiger partial charge in [-0.3, -0.25) is 10.1 Å². The van der Waals surface area contributed by atoms with Gasteiger partial charge in [-0.25, -0.2) is 24.0 Å². The summed E-state index contributed by atoms with van der Waals surface area (Å²) in [5.41, 5.74) is -2.71. The van der Waals surface area contributed by atoms with Crippen molar-refractivity contribution in [2.45, 2.75) is 163 Å². The Kier molecular flexibility index (Phi) is 24.3. The number of unbranched alkanes of at least 4 members (excludes halogenated alkanes) is 6. The second-order valence-electron chi connectivity index (χ2n) is 17.5. The SMILES string of the molecule is CC(C)(C)OC(=O)/N=C(/NCCCCCCCCNC(=O)CNC(=O)NCCCCN(CCCNC(=O)OC(C)(C)C)C(=O)OC(C)(C)C)NC(=O)OC(C)(C)C. The third-order valence-electron chi connectivity index (χ3n) is 6.91. The monoisotopic (exact) mass is 815 g/mol. The van der Waals surface area contributed by atoms with Crippen LogP contribution in [0.15, 0.2) is 4.99 Å². The summed E-state index contributed by atoms with van der Waals surface area (Å²) in [4.78, 5) is 78.8. The third-order valence-corrected chi connectivity index (χ3v) is 6.91. The lowest BCUT2D eigenvalue weighted by Crippen LogP contribution is -2.44. The van der Waals surface area contributed by atoms with Crippen LogP contribution in [0.4, 0.5) is 24.0 Å². The number of urea groups is 1. The number of hydrogen-bond donors (Lipinski definition) is 6. The average molecular weight is 815 g/mol. The predicted molar refractivity (Wildman–Crippen MR) is 219 cm³/mol. The molecule has 0 bridgehead atoms. The highest BCUT2D eigenvalue weighted by Gasteiger charge is 2.23. The van der Waals surface area contributed by atoms with Crippen molar-refractivity contribution in [2.24, 2.45) is 4.99 Å². The molecule has 0 aromatic carbocycles. The van der Waals surface area contributed by atoms with Gasteiger partial charge in [0.2, 0.25) is 11.9 Å². The molecular formula is C39H74N8O10. The van der Waals surface area contributed by atoms with Crippen molar-refractivity contribution in [3.63, 3.8) is 0 Å². The van der Waals surface area contributed by atoms with Gasteiger partial charge in [0.05, 0.1) is 6.54 Å². The zero-order valence-electron chi connectivity index (χ0n) is 36.8. The Labute approximate surface area is 340 Å². The van der Waals surface area contributed by atoms with E-state index in [-0.39, 0.29) is 18.4 Å². The number of aliphatic imine (C=N–C) groups is 1. The van der Waals surface area contributed by atoms with Crippen molar-refractivity contribution < 1.29 is 47.7 Å². The summed E-state index contributed by atoms with van der Waals surface area (Å²) >= 11 is 0. The highest BCUT2D eigenvalue weighted by Crippen LogP contribution is 2.12. The summed E-state index contributed by atoms with van der Waals surface area (Å²) in [6.45, 7) is 23.4. The molecule has 7 amide bonds. The first-order chi connectivity index (χ1) is 26.2. The third kappa shape index (κ3) is 34.5. The molecule has 6 N–H and O–H groups in total. The van der Waals surface area contributed by atoms with Crippen LogP contribution in [0.3, 0.4) is 0 Å². The van der Waals surface area contributed by atoms with E-state index >= 15 is 0 Å². The number of alkyl carbamates (subject to hydrolysis) is 2. The van der Waals surface area contributed by atoms with Crippen LogP contribution in [0.5, 0.6) is 0 Å². The Bertz CT molecular complexity index is 1280. The molecule has 0 saturated heterocycles. The van der Waals surface area contributed by atoms with Crippen LogP contribution in [-0.4, -0.2) is 115 Å². The van der Waals surface area contributed by atoms with Crippen LogP contribution in [0.2, 0.25) is 0 Å². The Morgan fingerprint density at radius 3 is 1.49 bits per heavy atom. The Morgan fingerprint density at radius 2 is 0.930 bits per heavy atom. The molecule has 0 heterocycles. The van der Waals surface area contributed by atoms with Crippen LogP contribution >= 0.6 is 0 Å². The van der Waals surface area contributed by atoms with Crippen LogP contribution in [0.25, 0.3) is 0 Å². The maximum Gasteiger partial charge on any atom is 0.437 e. The fourth-order valence-corrected chi connectivity index (χ4v) is 4.59. The van der Waals surface area contributed by atoms with Gasteiger partial charge >= 0.3 is 30.4 Å². The van der Waals surface area contributed by atoms with Gasteiger partial charge in [-0.15, -0.1) is 4.99 Å². The molecule has 0 aliphatic rings. The van der Waals surface area contributed by atoms with E-state index in [9.17, 15) is 28.8 Å². The highest BCUT2D eigenvalue weighted by molar-refractivity contribution is 5.98. The molecule has 0 unspecified atom stereocenters. The van der Waals surface area contributed by atoms with E-state index in [4.69, 9.17) is 18.9 Å². The highest BCUT2D eigenvalue weighted by atomic mass is 16.6. The molecular weight excluding hydrogens is 740 g/mol. The summed E-state index contributed by atoms with van der Waals surface area (Å²) < 4.78 is 21.2. The molecule has 0 aliphatic carbocycles. The van der Waals surface area contributed by atoms with Crippen molar-refractivity contribution >= 4 is 42.3 Å². The number of nitrogens with one attached hydrogen (secondary N) is 6. The molecule has 330 valence electrons. The lowest BCUT2D eigenvalue weighted by atomic mass is 10.1. The minimum absolute atomic E-state index is 0.0413. The summed E-state index contributed by atoms with van der Waals surface area (Å²) in [5, 5.41) is 16.2. The fourth-order valence-electron chi connectivity index (χ4n) is 4.59. The first kappa shape index (κ1) is 52.5. The smallest absolute Gasteiger partial charge is 0.437 e. The molecule has 0 atom stereocenters. The van der Waals surface area contributed by atoms with Gasteiger partial charge in [-0.05, 0) is 115 Å². The van der Waals surface area contributed by atoms with E-state index in [0.29, 0.717) is 58.5 Å². The van der Waals surface area contributed by atoms with Gasteiger partial charge < -0.3 is 50.4 Å². The summed E-state index contributed by atoms with van der Waals surface area (Å²) in [7, 11) is 0. The molecule has 0 radical (unpaired) electrons. The van der Waals surface area contributed by atoms with E-state index in [2.05, 4.69) is 36.9 Å². The van der Waals surface area contributed by atoms with Crippen molar-refractivity contribution in [1.82, 2.24) is 36.8 Å². The molecule has 0 saturated carbocycles. The number of guanidine groups is 1. The molecule has 0 spiro atoms. The van der Waals surface area contributed by atoms with Gasteiger partial charge in [0, 0.05) is 39.3 Å². The minimum atomic E-state index is -0.832. The molecule has 57 heavy (non-hydrogen) atoms. The first-order valence-corrected chi connectivity index (χ1v) is 20.0. The fraction of sp³-hybridized carbons (Fsp3) is 0.821. The van der Waals surface area contributed by atoms with Gasteiger partial charge in [0.15, 0.2) is 0 Å². The maximum absolute atomic E-state index is 12.7. The summed E-state index contributed by atoms with van der Waals surface area (Å²) in [6, 6.07) is -0.458. The van der Waals surface area contributed by atoms with Crippen molar-refractivity contribution in [1.29, 1.82) is 0 Å². The average Bonchev–Trinajstić information content (AvgIpc) is 3.01. The van der Waals surface area contributed by atoms with E-state index in [1.807, 2.05) is 0 Å². The van der Waals surface area contributed by atoms with Crippen LogP contribution in [-0.2, 0) is 23.7 Å². The number of amides is 7. The quantitative estimate of drug-likeness (QED) is 0.0357. The van der Waals surface area contributed by atoms with E-state index in [1.54, 1.807) is 88.0 Å². The molecule has 0 fully saturated rings. The lowest BCUT2D eigenvalue weighted by molar-refractivity contribution is -0.120. The largest absolute Gasteiger partial charge is 0.444 e. The van der Waals surface area contributed by atoms with E-state index in [1.165, 1.54) is 0 Å². The Balaban J connectivity index is 4.28. The van der Waals surface area contributed by atoms with Gasteiger partial charge in [0.25, 0.3) is 0 Å². The molecule has 18 nitrogen and oxygen atoms in total. The zero-order valence-corrected chi connectivity index (χ0v) is 36.8. The number of ether oxygens (including phenoxy) is 4. The predicted octanol–water partition coefficient (Wildman–Crippen LogP) is 6.08. The zero-order chi connectivity index (χ0) is 43.7. The molecule has 0 aromatic heterocycles. The molecule has 0 aliphatic heterocycles. The normalized spacial score (nSPS) is 12.1. The second-order valence-corrected chi connectivity index (χ2v) is 17.5. The second kappa shape index (κ2) is 26.4. The molecule has 18 heteroatoms. The number of carbonyl (C=O) groups excluding carboxylic acids is 6. The number of rotatable bonds is 20. The number of nitrogens with zero attached hydrogens (tertiary/aromatic N) is 2. The van der Waals surface area contributed by atoms with Crippen molar-refractivity contribution in [3.05, 3.63) is 0 Å². The Morgan fingerprint density at radius 1 is 0.474 bits per heavy atom. The van der Waals surface area contributed by atoms with E-state index < -0.39 is 52.8 Å². The Hall–Kier alpha value is -4.51. The standard InChI is InChI=1S/C39H74N8O10/c1-36(2,3)54-32(50)43-25-21-27-47(35(53)57-39(10,11)12)26-20-19-24-42-31(49)44-28-29(48)40-22-17-15-13-14-16-18-23-41-30(45-33(51)55-37(4,5)6)46-34(52)56-38(7,8)9/h13-28H2,1-12H3,(H,40,48)(H,43,50)(H2,42,44,49)(H2,41,45,46,51,52). The topological polar surface area (TPSA) is 227 Å². The van der Waals surface area contributed by atoms with Gasteiger partial charge in [-0.1, -0.05) is 25.7 Å². The summed E-state index contributed by atoms with van der Waals surface area (Å²) in [5.74, 6) is -0.324. The summed E-state index contributed by atoms with van der Waals surface area (Å²) in [6.07, 6.45) is 4.49.